The Kier molecular flexibility index (Phi) is 31.1. The van der Waals surface area contributed by atoms with E-state index < -0.39 is 0 Å². The van der Waals surface area contributed by atoms with Crippen molar-refractivity contribution in [2.24, 2.45) is 5.41 Å². The van der Waals surface area contributed by atoms with Crippen LogP contribution in [0.5, 0.6) is 0 Å². The average Bonchev–Trinajstić information content (AvgIpc) is 3.09. The molecule has 0 aliphatic rings. The zero-order chi connectivity index (χ0) is 44.5. The van der Waals surface area contributed by atoms with Gasteiger partial charge in [0, 0.05) is 150 Å². The van der Waals surface area contributed by atoms with Gasteiger partial charge < -0.3 is 49.0 Å². The Morgan fingerprint density at radius 2 is 0.517 bits per heavy atom. The van der Waals surface area contributed by atoms with Crippen LogP contribution in [0.2, 0.25) is 0 Å². The molecular formula is C45H105N13. The van der Waals surface area contributed by atoms with Gasteiger partial charge in [-0.2, -0.15) is 0 Å². The molecule has 0 bridgehead atoms. The van der Waals surface area contributed by atoms with Gasteiger partial charge in [0.15, 0.2) is 0 Å². The van der Waals surface area contributed by atoms with Crippen LogP contribution in [0.1, 0.15) is 34.1 Å². The molecule has 0 spiro atoms. The number of nitrogens with zero attached hydrogens (tertiary/aromatic N) is 13. The number of hydrogen-bond donors (Lipinski definition) is 0. The summed E-state index contributed by atoms with van der Waals surface area (Å²) in [6.45, 7) is 35.0. The first-order valence-electron chi connectivity index (χ1n) is 22.8. The standard InChI is InChI=1S/C45H105N13/c1-44(2,42-50(13)14)43-54(19)30-37-58(40-38-56(32-24-48(9)10)33-25-49(11)12)41-39-57(35-28-52(17)26-22-46(5)6)36-29-53(18)27-34-55(31-23-47(7)8)21-20-45(3,4)51(15)16/h20-43H2,1-19H3. The van der Waals surface area contributed by atoms with Crippen LogP contribution in [0.4, 0.5) is 0 Å². The molecule has 0 rings (SSSR count). The summed E-state index contributed by atoms with van der Waals surface area (Å²) < 4.78 is 0. The van der Waals surface area contributed by atoms with Crippen LogP contribution in [0, 0.1) is 5.41 Å². The smallest absolute Gasteiger partial charge is 0.0159 e. The number of likely N-dealkylation sites (N-methyl/N-ethyl adjacent to an activating group) is 7. The molecule has 0 N–H and O–H groups in total. The van der Waals surface area contributed by atoms with E-state index >= 15 is 0 Å². The second-order valence-corrected chi connectivity index (χ2v) is 20.8. The Bertz CT molecular complexity index is 947. The van der Waals surface area contributed by atoms with Crippen molar-refractivity contribution in [3.63, 3.8) is 0 Å². The minimum atomic E-state index is 0.200. The highest BCUT2D eigenvalue weighted by atomic mass is 15.3. The van der Waals surface area contributed by atoms with Gasteiger partial charge in [-0.15, -0.1) is 0 Å². The van der Waals surface area contributed by atoms with Gasteiger partial charge in [-0.3, -0.25) is 14.7 Å². The molecule has 0 saturated heterocycles. The van der Waals surface area contributed by atoms with Gasteiger partial charge in [0.2, 0.25) is 0 Å². The molecule has 0 heterocycles. The van der Waals surface area contributed by atoms with Crippen molar-refractivity contribution >= 4 is 0 Å². The lowest BCUT2D eigenvalue weighted by molar-refractivity contribution is 0.123. The molecule has 0 aromatic carbocycles. The zero-order valence-electron chi connectivity index (χ0n) is 42.8. The van der Waals surface area contributed by atoms with E-state index in [0.717, 1.165) is 151 Å². The van der Waals surface area contributed by atoms with Crippen LogP contribution in [-0.4, -0.2) is 325 Å². The molecule has 0 aliphatic carbocycles. The topological polar surface area (TPSA) is 42.1 Å². The van der Waals surface area contributed by atoms with E-state index in [9.17, 15) is 0 Å². The van der Waals surface area contributed by atoms with Crippen molar-refractivity contribution in [2.75, 3.05) is 256 Å². The van der Waals surface area contributed by atoms with Crippen LogP contribution in [0.3, 0.4) is 0 Å². The maximum atomic E-state index is 2.78. The van der Waals surface area contributed by atoms with Gasteiger partial charge in [0.1, 0.15) is 0 Å². The molecule has 0 unspecified atom stereocenters. The van der Waals surface area contributed by atoms with E-state index in [1.54, 1.807) is 0 Å². The summed E-state index contributed by atoms with van der Waals surface area (Å²) in [6.07, 6.45) is 1.18. The van der Waals surface area contributed by atoms with Crippen LogP contribution >= 0.6 is 0 Å². The minimum Gasteiger partial charge on any atom is -0.309 e. The number of rotatable bonds is 38. The quantitative estimate of drug-likeness (QED) is 0.0907. The second kappa shape index (κ2) is 31.3. The van der Waals surface area contributed by atoms with Crippen molar-refractivity contribution < 1.29 is 0 Å². The lowest BCUT2D eigenvalue weighted by Gasteiger charge is -2.36. The fraction of sp³-hybridized carbons (Fsp3) is 1.00. The molecule has 13 heteroatoms. The molecule has 0 aliphatic heterocycles. The monoisotopic (exact) mass is 828 g/mol. The lowest BCUT2D eigenvalue weighted by Crippen LogP contribution is -2.47. The molecule has 0 radical (unpaired) electrons. The Hall–Kier alpha value is -0.520. The molecular weight excluding hydrogens is 723 g/mol. The van der Waals surface area contributed by atoms with Gasteiger partial charge in [-0.25, -0.2) is 0 Å². The summed E-state index contributed by atoms with van der Waals surface area (Å²) in [6, 6.07) is 0. The lowest BCUT2D eigenvalue weighted by atomic mass is 9.92. The first kappa shape index (κ1) is 57.5. The van der Waals surface area contributed by atoms with Crippen molar-refractivity contribution in [1.82, 2.24) is 63.7 Å². The third kappa shape index (κ3) is 32.2. The first-order valence-corrected chi connectivity index (χ1v) is 22.8. The summed E-state index contributed by atoms with van der Waals surface area (Å²) in [7, 11) is 33.3. The summed E-state index contributed by atoms with van der Waals surface area (Å²) in [5.41, 5.74) is 0.455. The predicted molar refractivity (Wildman–Crippen MR) is 257 cm³/mol. The first-order chi connectivity index (χ1) is 26.9. The third-order valence-corrected chi connectivity index (χ3v) is 11.9. The third-order valence-electron chi connectivity index (χ3n) is 11.9. The van der Waals surface area contributed by atoms with Gasteiger partial charge in [0.05, 0.1) is 0 Å². The Balaban J connectivity index is 5.91. The van der Waals surface area contributed by atoms with E-state index in [1.165, 1.54) is 6.42 Å². The summed E-state index contributed by atoms with van der Waals surface area (Å²) in [4.78, 5) is 32.5. The highest BCUT2D eigenvalue weighted by molar-refractivity contribution is 4.80. The van der Waals surface area contributed by atoms with Crippen molar-refractivity contribution in [3.05, 3.63) is 0 Å². The van der Waals surface area contributed by atoms with Gasteiger partial charge >= 0.3 is 0 Å². The minimum absolute atomic E-state index is 0.200. The molecule has 0 aromatic heterocycles. The summed E-state index contributed by atoms with van der Waals surface area (Å²) in [5, 5.41) is 0. The molecule has 0 atom stereocenters. The van der Waals surface area contributed by atoms with E-state index in [0.29, 0.717) is 0 Å². The van der Waals surface area contributed by atoms with Gasteiger partial charge in [0.25, 0.3) is 0 Å². The van der Waals surface area contributed by atoms with E-state index in [2.05, 4.69) is 197 Å². The Labute approximate surface area is 364 Å². The zero-order valence-corrected chi connectivity index (χ0v) is 42.8. The van der Waals surface area contributed by atoms with Gasteiger partial charge in [-0.05, 0) is 138 Å². The van der Waals surface area contributed by atoms with E-state index in [1.807, 2.05) is 0 Å². The molecule has 58 heavy (non-hydrogen) atoms. The van der Waals surface area contributed by atoms with Crippen LogP contribution in [0.25, 0.3) is 0 Å². The Morgan fingerprint density at radius 1 is 0.259 bits per heavy atom. The molecule has 0 amide bonds. The Morgan fingerprint density at radius 3 is 0.828 bits per heavy atom. The fourth-order valence-corrected chi connectivity index (χ4v) is 7.15. The predicted octanol–water partition coefficient (Wildman–Crippen LogP) is 1.55. The largest absolute Gasteiger partial charge is 0.309 e. The maximum Gasteiger partial charge on any atom is 0.0159 e. The fourth-order valence-electron chi connectivity index (χ4n) is 7.15. The highest BCUT2D eigenvalue weighted by Crippen LogP contribution is 2.17. The van der Waals surface area contributed by atoms with Crippen molar-refractivity contribution in [3.8, 4) is 0 Å². The summed E-state index contributed by atoms with van der Waals surface area (Å²) >= 11 is 0. The maximum absolute atomic E-state index is 2.78. The normalized spacial score (nSPS) is 13.7. The van der Waals surface area contributed by atoms with Gasteiger partial charge in [-0.1, -0.05) is 13.8 Å². The van der Waals surface area contributed by atoms with Crippen LogP contribution in [-0.2, 0) is 0 Å². The molecule has 0 saturated carbocycles. The molecule has 350 valence electrons. The van der Waals surface area contributed by atoms with Crippen molar-refractivity contribution in [2.45, 2.75) is 39.7 Å². The second-order valence-electron chi connectivity index (χ2n) is 20.8. The molecule has 13 nitrogen and oxygen atoms in total. The van der Waals surface area contributed by atoms with Crippen molar-refractivity contribution in [1.29, 1.82) is 0 Å². The van der Waals surface area contributed by atoms with E-state index in [-0.39, 0.29) is 11.0 Å². The van der Waals surface area contributed by atoms with Crippen LogP contribution in [0.15, 0.2) is 0 Å². The van der Waals surface area contributed by atoms with E-state index in [4.69, 9.17) is 0 Å². The molecule has 0 aromatic rings. The number of hydrogen-bond acceptors (Lipinski definition) is 13. The average molecular weight is 828 g/mol. The summed E-state index contributed by atoms with van der Waals surface area (Å²) in [5.74, 6) is 0. The highest BCUT2D eigenvalue weighted by Gasteiger charge is 2.23. The molecule has 0 fully saturated rings. The van der Waals surface area contributed by atoms with Crippen LogP contribution < -0.4 is 0 Å². The SMILES string of the molecule is CN(C)CCN(C)CCN(CCN(C)CCN(CCN(C)C)CCC(C)(C)N(C)C)CCN(CCN(C)CC(C)(C)CN(C)C)CCN(CCN(C)C)CCN(C)C.